The zero-order chi connectivity index (χ0) is 41.5. The average Bonchev–Trinajstić information content (AvgIpc) is 3.49. The highest BCUT2D eigenvalue weighted by molar-refractivity contribution is 5.67. The summed E-state index contributed by atoms with van der Waals surface area (Å²) in [6.45, 7) is 21.2. The van der Waals surface area contributed by atoms with Crippen LogP contribution in [-0.2, 0) is 18.9 Å². The van der Waals surface area contributed by atoms with Gasteiger partial charge in [0.1, 0.15) is 6.10 Å². The largest absolute Gasteiger partial charge is 0.446 e. The van der Waals surface area contributed by atoms with Crippen molar-refractivity contribution in [1.82, 2.24) is 10.6 Å². The summed E-state index contributed by atoms with van der Waals surface area (Å²) in [5.41, 5.74) is 2.23. The van der Waals surface area contributed by atoms with E-state index >= 15 is 0 Å². The number of allylic oxidation sites excluding steroid dienone is 1. The molecule has 2 N–H and O–H groups in total. The molecule has 2 unspecified atom stereocenters. The van der Waals surface area contributed by atoms with Gasteiger partial charge in [0.2, 0.25) is 0 Å². The topological polar surface area (TPSA) is 78.1 Å². The first kappa shape index (κ1) is 49.5. The lowest BCUT2D eigenvalue weighted by molar-refractivity contribution is 0.0145. The van der Waals surface area contributed by atoms with E-state index in [4.69, 9.17) is 18.9 Å². The van der Waals surface area contributed by atoms with Crippen molar-refractivity contribution in [3.8, 4) is 0 Å². The van der Waals surface area contributed by atoms with E-state index in [1.54, 1.807) is 5.57 Å². The summed E-state index contributed by atoms with van der Waals surface area (Å²) < 4.78 is 23.2. The summed E-state index contributed by atoms with van der Waals surface area (Å²) in [7, 11) is 0. The van der Waals surface area contributed by atoms with Crippen molar-refractivity contribution in [2.45, 2.75) is 202 Å². The van der Waals surface area contributed by atoms with Gasteiger partial charge in [0, 0.05) is 26.1 Å². The van der Waals surface area contributed by atoms with Crippen LogP contribution in [0.2, 0.25) is 0 Å². The van der Waals surface area contributed by atoms with Crippen LogP contribution in [0.5, 0.6) is 0 Å². The predicted molar refractivity (Wildman–Crippen MR) is 242 cm³/mol. The van der Waals surface area contributed by atoms with Crippen LogP contribution in [0.3, 0.4) is 0 Å². The van der Waals surface area contributed by atoms with E-state index in [0.29, 0.717) is 50.9 Å². The maximum Gasteiger partial charge on any atom is 0.407 e. The second-order valence-electron chi connectivity index (χ2n) is 20.6. The number of carbonyl (C=O) groups excluding carboxylic acids is 1. The van der Waals surface area contributed by atoms with Gasteiger partial charge in [0.25, 0.3) is 0 Å². The van der Waals surface area contributed by atoms with E-state index in [9.17, 15) is 4.79 Å². The molecule has 7 heteroatoms. The van der Waals surface area contributed by atoms with Gasteiger partial charge in [0.05, 0.1) is 33.0 Å². The maximum absolute atomic E-state index is 12.8. The lowest BCUT2D eigenvalue weighted by atomic mass is 9.58. The summed E-state index contributed by atoms with van der Waals surface area (Å²) in [4.78, 5) is 12.8. The minimum absolute atomic E-state index is 0.0318. The molecule has 4 rings (SSSR count). The first-order valence-electron chi connectivity index (χ1n) is 25.2. The van der Waals surface area contributed by atoms with Gasteiger partial charge in [-0.2, -0.15) is 0 Å². The Bertz CT molecular complexity index is 1120. The number of fused-ring (bicyclic) bond motifs is 2. The normalized spacial score (nSPS) is 30.7. The van der Waals surface area contributed by atoms with Crippen LogP contribution in [0.25, 0.3) is 0 Å². The van der Waals surface area contributed by atoms with Crippen LogP contribution < -0.4 is 10.6 Å². The van der Waals surface area contributed by atoms with Gasteiger partial charge < -0.3 is 29.6 Å². The minimum atomic E-state index is -0.285. The van der Waals surface area contributed by atoms with E-state index < -0.39 is 0 Å². The molecule has 1 amide bonds. The number of carbonyl (C=O) groups is 1. The monoisotopic (exact) mass is 815 g/mol. The lowest BCUT2D eigenvalue weighted by Gasteiger charge is -2.47. The SMILES string of the molecule is CC(C)CCC[C@@H](C)[C@H]1CCC2CC/C=C3/CC(OC(=O)NCCCOCCOCCOCCNCCC4CCCCCCCCCC4)CC[C@]3(C)[C@H](C)CC[C@@]21C. The maximum atomic E-state index is 12.8. The Kier molecular flexibility index (Phi) is 23.7. The zero-order valence-electron chi connectivity index (χ0n) is 39.0. The minimum Gasteiger partial charge on any atom is -0.446 e. The highest BCUT2D eigenvalue weighted by Crippen LogP contribution is 2.58. The van der Waals surface area contributed by atoms with Crippen LogP contribution in [-0.4, -0.2) is 71.5 Å². The van der Waals surface area contributed by atoms with Crippen molar-refractivity contribution < 1.29 is 23.7 Å². The van der Waals surface area contributed by atoms with Crippen molar-refractivity contribution in [2.24, 2.45) is 46.3 Å². The summed E-state index contributed by atoms with van der Waals surface area (Å²) in [5.74, 6) is 4.90. The first-order chi connectivity index (χ1) is 28.1. The Hall–Kier alpha value is -1.15. The average molecular weight is 815 g/mol. The molecule has 0 aromatic carbocycles. The molecule has 0 aliphatic heterocycles. The molecule has 3 fully saturated rings. The van der Waals surface area contributed by atoms with Gasteiger partial charge >= 0.3 is 6.09 Å². The fourth-order valence-corrected chi connectivity index (χ4v) is 11.7. The van der Waals surface area contributed by atoms with Crippen LogP contribution in [0.15, 0.2) is 11.6 Å². The molecule has 0 aromatic heterocycles. The van der Waals surface area contributed by atoms with E-state index in [2.05, 4.69) is 58.3 Å². The Morgan fingerprint density at radius 1 is 0.724 bits per heavy atom. The second-order valence-corrected chi connectivity index (χ2v) is 20.6. The molecule has 0 spiro atoms. The highest BCUT2D eigenvalue weighted by Gasteiger charge is 2.49. The third-order valence-corrected chi connectivity index (χ3v) is 15.9. The van der Waals surface area contributed by atoms with Crippen molar-refractivity contribution in [1.29, 1.82) is 0 Å². The Morgan fingerprint density at radius 3 is 2.10 bits per heavy atom. The van der Waals surface area contributed by atoms with Gasteiger partial charge in [-0.05, 0) is 117 Å². The summed E-state index contributed by atoms with van der Waals surface area (Å²) in [6.07, 6.45) is 33.7. The number of hydrogen-bond acceptors (Lipinski definition) is 6. The van der Waals surface area contributed by atoms with Gasteiger partial charge in [-0.25, -0.2) is 4.79 Å². The van der Waals surface area contributed by atoms with Crippen LogP contribution in [0, 0.1) is 46.3 Å². The standard InChI is InChI=1S/C51H94N2O5/c1-41(2)18-15-19-42(3)48-25-24-45-22-16-23-46-40-47(27-30-50(46,5)43(4)26-29-51(45,48)6)58-49(54)53-31-17-34-55-36-38-57-39-37-56-35-33-52-32-28-44-20-13-11-9-7-8-10-12-14-21-44/h23,41-45,47-48,52H,7-22,24-40H2,1-6H3,(H,53,54)/b46-23-/t42-,43-,45?,47?,48-,50-,51+/m1/s1. The van der Waals surface area contributed by atoms with Gasteiger partial charge in [-0.1, -0.05) is 137 Å². The number of rotatable bonds is 22. The molecular formula is C51H94N2O5. The van der Waals surface area contributed by atoms with Crippen molar-refractivity contribution in [2.75, 3.05) is 59.3 Å². The molecule has 0 bridgehead atoms. The molecule has 7 nitrogen and oxygen atoms in total. The summed E-state index contributed by atoms with van der Waals surface area (Å²) >= 11 is 0. The zero-order valence-corrected chi connectivity index (χ0v) is 39.0. The van der Waals surface area contributed by atoms with E-state index in [1.807, 2.05) is 0 Å². The summed E-state index contributed by atoms with van der Waals surface area (Å²) in [6, 6.07) is 0. The fourth-order valence-electron chi connectivity index (χ4n) is 11.7. The third kappa shape index (κ3) is 17.3. The van der Waals surface area contributed by atoms with Crippen LogP contribution >= 0.6 is 0 Å². The van der Waals surface area contributed by atoms with Gasteiger partial charge in [-0.3, -0.25) is 0 Å². The molecule has 0 saturated heterocycles. The third-order valence-electron chi connectivity index (χ3n) is 15.9. The smallest absolute Gasteiger partial charge is 0.407 e. The molecule has 0 radical (unpaired) electrons. The first-order valence-corrected chi connectivity index (χ1v) is 25.2. The Balaban J connectivity index is 1.01. The van der Waals surface area contributed by atoms with E-state index in [-0.39, 0.29) is 17.6 Å². The van der Waals surface area contributed by atoms with E-state index in [1.165, 1.54) is 128 Å². The molecule has 7 atom stereocenters. The Labute approximate surface area is 358 Å². The molecule has 0 aromatic rings. The molecular weight excluding hydrogens is 721 g/mol. The number of ether oxygens (including phenoxy) is 4. The predicted octanol–water partition coefficient (Wildman–Crippen LogP) is 12.9. The van der Waals surface area contributed by atoms with Crippen LogP contribution in [0.1, 0.15) is 196 Å². The fraction of sp³-hybridized carbons (Fsp3) is 0.941. The quantitative estimate of drug-likeness (QED) is 0.0837. The lowest BCUT2D eigenvalue weighted by Crippen LogP contribution is -2.40. The molecule has 4 aliphatic rings. The van der Waals surface area contributed by atoms with Gasteiger partial charge in [0.15, 0.2) is 0 Å². The molecule has 4 aliphatic carbocycles. The molecule has 0 heterocycles. The molecule has 3 saturated carbocycles. The Morgan fingerprint density at radius 2 is 1.40 bits per heavy atom. The number of nitrogens with one attached hydrogen (secondary N) is 2. The van der Waals surface area contributed by atoms with Gasteiger partial charge in [-0.15, -0.1) is 0 Å². The molecule has 58 heavy (non-hydrogen) atoms. The van der Waals surface area contributed by atoms with E-state index in [0.717, 1.165) is 75.0 Å². The van der Waals surface area contributed by atoms with Crippen LogP contribution in [0.4, 0.5) is 4.79 Å². The number of alkyl carbamates (subject to hydrolysis) is 1. The molecule has 338 valence electrons. The number of amides is 1. The highest BCUT2D eigenvalue weighted by atomic mass is 16.6. The second kappa shape index (κ2) is 27.7. The number of hydrogen-bond donors (Lipinski definition) is 2. The van der Waals surface area contributed by atoms with Crippen molar-refractivity contribution in [3.63, 3.8) is 0 Å². The van der Waals surface area contributed by atoms with Crippen molar-refractivity contribution in [3.05, 3.63) is 11.6 Å². The summed E-state index contributed by atoms with van der Waals surface area (Å²) in [5, 5.41) is 6.56. The van der Waals surface area contributed by atoms with Crippen molar-refractivity contribution >= 4 is 6.09 Å².